The van der Waals surface area contributed by atoms with Crippen LogP contribution in [0.15, 0.2) is 16.3 Å². The van der Waals surface area contributed by atoms with Crippen LogP contribution in [0.4, 0.5) is 0 Å². The van der Waals surface area contributed by atoms with E-state index in [1.165, 1.54) is 11.3 Å². The lowest BCUT2D eigenvalue weighted by Gasteiger charge is -2.34. The minimum absolute atomic E-state index is 0.469. The second-order valence-electron chi connectivity index (χ2n) is 5.41. The third kappa shape index (κ3) is 3.79. The highest BCUT2D eigenvalue weighted by Crippen LogP contribution is 2.24. The zero-order valence-corrected chi connectivity index (χ0v) is 14.0. The summed E-state index contributed by atoms with van der Waals surface area (Å²) in [6.07, 6.45) is 0. The van der Waals surface area contributed by atoms with E-state index < -0.39 is 10.0 Å². The number of likely N-dealkylation sites (N-methyl/N-ethyl adjacent to an activating group) is 1. The Morgan fingerprint density at radius 1 is 1.20 bits per heavy atom. The van der Waals surface area contributed by atoms with Crippen molar-refractivity contribution >= 4 is 21.4 Å². The molecule has 1 aromatic heterocycles. The average Bonchev–Trinajstić information content (AvgIpc) is 2.84. The zero-order valence-electron chi connectivity index (χ0n) is 12.4. The van der Waals surface area contributed by atoms with E-state index in [1.54, 1.807) is 10.4 Å². The summed E-state index contributed by atoms with van der Waals surface area (Å²) in [5, 5.41) is 0. The molecule has 1 fully saturated rings. The van der Waals surface area contributed by atoms with Gasteiger partial charge in [0.05, 0.1) is 0 Å². The molecule has 1 saturated heterocycles. The molecule has 0 amide bonds. The van der Waals surface area contributed by atoms with E-state index in [4.69, 9.17) is 0 Å². The molecule has 2 rings (SSSR count). The molecule has 0 bridgehead atoms. The third-order valence-corrected chi connectivity index (χ3v) is 6.87. The number of rotatable bonds is 5. The van der Waals surface area contributed by atoms with Crippen molar-refractivity contribution in [3.63, 3.8) is 0 Å². The summed E-state index contributed by atoms with van der Waals surface area (Å²) in [7, 11) is 0.830. The minimum atomic E-state index is -3.28. The lowest BCUT2D eigenvalue weighted by Crippen LogP contribution is -2.49. The second kappa shape index (κ2) is 6.53. The molecule has 0 spiro atoms. The van der Waals surface area contributed by atoms with Gasteiger partial charge >= 0.3 is 0 Å². The quantitative estimate of drug-likeness (QED) is 0.810. The van der Waals surface area contributed by atoms with Gasteiger partial charge in [-0.15, -0.1) is 11.3 Å². The molecule has 0 saturated carbocycles. The van der Waals surface area contributed by atoms with Crippen LogP contribution in [0.1, 0.15) is 4.88 Å². The first-order valence-corrected chi connectivity index (χ1v) is 9.09. The van der Waals surface area contributed by atoms with Crippen LogP contribution >= 0.6 is 11.3 Å². The number of hydrogen-bond acceptors (Lipinski definition) is 5. The van der Waals surface area contributed by atoms with Crippen molar-refractivity contribution in [1.82, 2.24) is 14.1 Å². The molecule has 20 heavy (non-hydrogen) atoms. The standard InChI is InChI=1S/C13H23N3O2S2/c1-12-4-5-13(19-12)20(17,18)16-10-8-15(9-11-16)7-6-14(2)3/h4-5H,6-11H2,1-3H3. The van der Waals surface area contributed by atoms with Crippen LogP contribution < -0.4 is 0 Å². The van der Waals surface area contributed by atoms with E-state index in [0.29, 0.717) is 17.3 Å². The maximum atomic E-state index is 12.5. The summed E-state index contributed by atoms with van der Waals surface area (Å²) in [6.45, 7) is 6.76. The lowest BCUT2D eigenvalue weighted by atomic mass is 10.3. The van der Waals surface area contributed by atoms with Gasteiger partial charge in [-0.3, -0.25) is 4.90 Å². The van der Waals surface area contributed by atoms with Crippen molar-refractivity contribution < 1.29 is 8.42 Å². The van der Waals surface area contributed by atoms with Crippen LogP contribution in [0, 0.1) is 6.92 Å². The molecule has 114 valence electrons. The first-order valence-electron chi connectivity index (χ1n) is 6.83. The summed E-state index contributed by atoms with van der Waals surface area (Å²) >= 11 is 1.35. The van der Waals surface area contributed by atoms with E-state index in [-0.39, 0.29) is 0 Å². The van der Waals surface area contributed by atoms with Gasteiger partial charge in [0.15, 0.2) is 0 Å². The summed E-state index contributed by atoms with van der Waals surface area (Å²) in [4.78, 5) is 5.51. The van der Waals surface area contributed by atoms with E-state index in [1.807, 2.05) is 13.0 Å². The van der Waals surface area contributed by atoms with Crippen LogP contribution in [0.2, 0.25) is 0 Å². The lowest BCUT2D eigenvalue weighted by molar-refractivity contribution is 0.175. The molecule has 2 heterocycles. The smallest absolute Gasteiger partial charge is 0.252 e. The third-order valence-electron chi connectivity index (χ3n) is 3.50. The Morgan fingerprint density at radius 2 is 1.85 bits per heavy atom. The molecule has 1 aliphatic rings. The van der Waals surface area contributed by atoms with Crippen LogP contribution in [-0.4, -0.2) is 75.9 Å². The fourth-order valence-corrected chi connectivity index (χ4v) is 5.07. The molecule has 0 radical (unpaired) electrons. The molecule has 1 aromatic rings. The van der Waals surface area contributed by atoms with Crippen molar-refractivity contribution in [3.05, 3.63) is 17.0 Å². The molecular formula is C13H23N3O2S2. The second-order valence-corrected chi connectivity index (χ2v) is 8.87. The monoisotopic (exact) mass is 317 g/mol. The Balaban J connectivity index is 1.93. The van der Waals surface area contributed by atoms with Crippen LogP contribution in [0.3, 0.4) is 0 Å². The van der Waals surface area contributed by atoms with Crippen molar-refractivity contribution in [3.8, 4) is 0 Å². The van der Waals surface area contributed by atoms with E-state index in [9.17, 15) is 8.42 Å². The summed E-state index contributed by atoms with van der Waals surface area (Å²) < 4.78 is 27.1. The molecule has 0 aliphatic carbocycles. The molecule has 0 N–H and O–H groups in total. The maximum absolute atomic E-state index is 12.5. The van der Waals surface area contributed by atoms with E-state index >= 15 is 0 Å². The Morgan fingerprint density at radius 3 is 2.35 bits per heavy atom. The maximum Gasteiger partial charge on any atom is 0.252 e. The normalized spacial score (nSPS) is 18.8. The number of aryl methyl sites for hydroxylation is 1. The fraction of sp³-hybridized carbons (Fsp3) is 0.692. The van der Waals surface area contributed by atoms with Gasteiger partial charge in [0, 0.05) is 44.1 Å². The Labute approximate surface area is 125 Å². The highest BCUT2D eigenvalue weighted by atomic mass is 32.2. The molecular weight excluding hydrogens is 294 g/mol. The Kier molecular flexibility index (Phi) is 5.19. The minimum Gasteiger partial charge on any atom is -0.308 e. The van der Waals surface area contributed by atoms with Gasteiger partial charge in [0.25, 0.3) is 10.0 Å². The van der Waals surface area contributed by atoms with Gasteiger partial charge in [0.2, 0.25) is 0 Å². The van der Waals surface area contributed by atoms with Crippen LogP contribution in [-0.2, 0) is 10.0 Å². The Bertz CT molecular complexity index is 532. The molecule has 0 atom stereocenters. The van der Waals surface area contributed by atoms with Gasteiger partial charge in [-0.25, -0.2) is 8.42 Å². The number of piperazine rings is 1. The van der Waals surface area contributed by atoms with Gasteiger partial charge in [-0.2, -0.15) is 4.31 Å². The topological polar surface area (TPSA) is 43.9 Å². The predicted octanol–water partition coefficient (Wildman–Crippen LogP) is 0.924. The van der Waals surface area contributed by atoms with Crippen molar-refractivity contribution in [2.45, 2.75) is 11.1 Å². The van der Waals surface area contributed by atoms with Gasteiger partial charge in [-0.05, 0) is 33.2 Å². The average molecular weight is 317 g/mol. The molecule has 7 heteroatoms. The number of nitrogens with zero attached hydrogens (tertiary/aromatic N) is 3. The van der Waals surface area contributed by atoms with Crippen molar-refractivity contribution in [2.24, 2.45) is 0 Å². The summed E-state index contributed by atoms with van der Waals surface area (Å²) in [5.74, 6) is 0. The predicted molar refractivity (Wildman–Crippen MR) is 82.8 cm³/mol. The molecule has 0 unspecified atom stereocenters. The number of hydrogen-bond donors (Lipinski definition) is 0. The van der Waals surface area contributed by atoms with E-state index in [2.05, 4.69) is 23.9 Å². The van der Waals surface area contributed by atoms with Gasteiger partial charge in [0.1, 0.15) is 4.21 Å². The first kappa shape index (κ1) is 15.9. The number of sulfonamides is 1. The molecule has 5 nitrogen and oxygen atoms in total. The first-order chi connectivity index (χ1) is 9.39. The van der Waals surface area contributed by atoms with Gasteiger partial charge < -0.3 is 4.90 Å². The fourth-order valence-electron chi connectivity index (χ4n) is 2.21. The highest BCUT2D eigenvalue weighted by Gasteiger charge is 2.29. The molecule has 0 aromatic carbocycles. The van der Waals surface area contributed by atoms with Crippen molar-refractivity contribution in [1.29, 1.82) is 0 Å². The van der Waals surface area contributed by atoms with Crippen LogP contribution in [0.5, 0.6) is 0 Å². The van der Waals surface area contributed by atoms with Crippen molar-refractivity contribution in [2.75, 3.05) is 53.4 Å². The largest absolute Gasteiger partial charge is 0.308 e. The Hall–Kier alpha value is -0.470. The van der Waals surface area contributed by atoms with Crippen LogP contribution in [0.25, 0.3) is 0 Å². The molecule has 1 aliphatic heterocycles. The highest BCUT2D eigenvalue weighted by molar-refractivity contribution is 7.91. The summed E-state index contributed by atoms with van der Waals surface area (Å²) in [5.41, 5.74) is 0. The summed E-state index contributed by atoms with van der Waals surface area (Å²) in [6, 6.07) is 3.58. The zero-order chi connectivity index (χ0) is 14.8. The van der Waals surface area contributed by atoms with E-state index in [0.717, 1.165) is 31.1 Å². The van der Waals surface area contributed by atoms with Gasteiger partial charge in [-0.1, -0.05) is 0 Å². The SMILES string of the molecule is Cc1ccc(S(=O)(=O)N2CCN(CCN(C)C)CC2)s1. The number of thiophene rings is 1.